The molecule has 1 N–H and O–H groups in total. The predicted molar refractivity (Wildman–Crippen MR) is 96.2 cm³/mol. The summed E-state index contributed by atoms with van der Waals surface area (Å²) in [5.41, 5.74) is 0.187. The Bertz CT molecular complexity index is 1020. The number of carbonyl (C=O) groups excluding carboxylic acids is 1. The lowest BCUT2D eigenvalue weighted by atomic mass is 10.3. The summed E-state index contributed by atoms with van der Waals surface area (Å²) in [6.45, 7) is 0. The zero-order chi connectivity index (χ0) is 18.0. The Hall–Kier alpha value is -2.00. The lowest BCUT2D eigenvalue weighted by Gasteiger charge is -2.06. The van der Waals surface area contributed by atoms with Gasteiger partial charge in [0.15, 0.2) is 9.90 Å². The minimum absolute atomic E-state index is 0.00323. The Kier molecular flexibility index (Phi) is 5.05. The highest BCUT2D eigenvalue weighted by molar-refractivity contribution is 7.93. The van der Waals surface area contributed by atoms with Crippen LogP contribution in [-0.2, 0) is 9.84 Å². The predicted octanol–water partition coefficient (Wildman–Crippen LogP) is 3.93. The zero-order valence-corrected chi connectivity index (χ0v) is 15.5. The lowest BCUT2D eigenvalue weighted by Crippen LogP contribution is -2.16. The maximum Gasteiger partial charge on any atom is 0.278 e. The third kappa shape index (κ3) is 3.82. The van der Waals surface area contributed by atoms with Crippen LogP contribution >= 0.6 is 34.7 Å². The number of nitrogens with zero attached hydrogens (tertiary/aromatic N) is 2. The smallest absolute Gasteiger partial charge is 0.278 e. The van der Waals surface area contributed by atoms with Crippen LogP contribution in [0.15, 0.2) is 57.6 Å². The molecule has 0 bridgehead atoms. The largest absolute Gasteiger partial charge is 0.321 e. The van der Waals surface area contributed by atoms with Crippen molar-refractivity contribution >= 4 is 56.2 Å². The molecule has 0 aliphatic heterocycles. The van der Waals surface area contributed by atoms with Crippen molar-refractivity contribution in [3.8, 4) is 0 Å². The summed E-state index contributed by atoms with van der Waals surface area (Å²) in [5, 5.41) is 7.15. The molecule has 0 fully saturated rings. The van der Waals surface area contributed by atoms with E-state index in [1.54, 1.807) is 24.3 Å². The van der Waals surface area contributed by atoms with Gasteiger partial charge in [0.1, 0.15) is 0 Å². The normalized spacial score (nSPS) is 11.3. The molecule has 128 valence electrons. The molecule has 0 unspecified atom stereocenters. The first-order valence-corrected chi connectivity index (χ1v) is 9.79. The Labute approximate surface area is 157 Å². The highest BCUT2D eigenvalue weighted by atomic mass is 35.5. The summed E-state index contributed by atoms with van der Waals surface area (Å²) in [7, 11) is -3.93. The molecule has 0 atom stereocenters. The Balaban J connectivity index is 1.93. The number of nitrogens with one attached hydrogen (secondary N) is 1. The first-order chi connectivity index (χ1) is 11.9. The average molecular weight is 414 g/mol. The molecule has 0 spiro atoms. The van der Waals surface area contributed by atoms with Gasteiger partial charge in [-0.15, -0.1) is 5.10 Å². The fourth-order valence-corrected chi connectivity index (χ4v) is 4.49. The lowest BCUT2D eigenvalue weighted by molar-refractivity contribution is 0.101. The first kappa shape index (κ1) is 17.8. The van der Waals surface area contributed by atoms with Crippen LogP contribution in [0.25, 0.3) is 0 Å². The van der Waals surface area contributed by atoms with Crippen molar-refractivity contribution in [2.24, 2.45) is 0 Å². The SMILES string of the molecule is O=C(Nc1ccc(Cl)cc1)c1nnsc1S(=O)(=O)c1ccc(Cl)cc1. The van der Waals surface area contributed by atoms with Crippen molar-refractivity contribution < 1.29 is 13.2 Å². The monoisotopic (exact) mass is 413 g/mol. The molecule has 1 heterocycles. The van der Waals surface area contributed by atoms with Crippen LogP contribution in [0.5, 0.6) is 0 Å². The molecule has 1 aromatic heterocycles. The molecule has 0 saturated heterocycles. The van der Waals surface area contributed by atoms with E-state index in [-0.39, 0.29) is 14.8 Å². The van der Waals surface area contributed by atoms with Crippen molar-refractivity contribution in [1.29, 1.82) is 0 Å². The van der Waals surface area contributed by atoms with Crippen LogP contribution < -0.4 is 5.32 Å². The highest BCUT2D eigenvalue weighted by Gasteiger charge is 2.29. The molecule has 3 rings (SSSR count). The van der Waals surface area contributed by atoms with Crippen molar-refractivity contribution in [3.63, 3.8) is 0 Å². The van der Waals surface area contributed by atoms with E-state index in [2.05, 4.69) is 14.9 Å². The summed E-state index contributed by atoms with van der Waals surface area (Å²) in [6.07, 6.45) is 0. The van der Waals surface area contributed by atoms with E-state index < -0.39 is 15.7 Å². The van der Waals surface area contributed by atoms with Gasteiger partial charge in [-0.2, -0.15) is 0 Å². The number of amides is 1. The van der Waals surface area contributed by atoms with Crippen molar-refractivity contribution in [2.45, 2.75) is 9.10 Å². The number of sulfone groups is 1. The van der Waals surface area contributed by atoms with E-state index in [0.717, 1.165) is 0 Å². The minimum Gasteiger partial charge on any atom is -0.321 e. The van der Waals surface area contributed by atoms with Gasteiger partial charge in [-0.25, -0.2) is 8.42 Å². The van der Waals surface area contributed by atoms with Crippen LogP contribution in [0.3, 0.4) is 0 Å². The number of anilines is 1. The van der Waals surface area contributed by atoms with Gasteiger partial charge in [0, 0.05) is 27.3 Å². The quantitative estimate of drug-likeness (QED) is 0.699. The number of rotatable bonds is 4. The fraction of sp³-hybridized carbons (Fsp3) is 0. The minimum atomic E-state index is -3.93. The maximum atomic E-state index is 12.7. The second kappa shape index (κ2) is 7.09. The highest BCUT2D eigenvalue weighted by Crippen LogP contribution is 2.27. The van der Waals surface area contributed by atoms with Gasteiger partial charge in [-0.05, 0) is 48.5 Å². The zero-order valence-electron chi connectivity index (χ0n) is 12.3. The molecular weight excluding hydrogens is 405 g/mol. The summed E-state index contributed by atoms with van der Waals surface area (Å²) >= 11 is 12.2. The van der Waals surface area contributed by atoms with Crippen LogP contribution in [0, 0.1) is 0 Å². The number of hydrogen-bond acceptors (Lipinski definition) is 6. The number of carbonyl (C=O) groups is 1. The van der Waals surface area contributed by atoms with Gasteiger partial charge >= 0.3 is 0 Å². The van der Waals surface area contributed by atoms with Crippen LogP contribution in [0.2, 0.25) is 10.0 Å². The molecule has 2 aromatic carbocycles. The van der Waals surface area contributed by atoms with E-state index in [1.807, 2.05) is 0 Å². The van der Waals surface area contributed by atoms with Crippen LogP contribution in [-0.4, -0.2) is 23.9 Å². The van der Waals surface area contributed by atoms with E-state index in [1.165, 1.54) is 24.3 Å². The molecule has 25 heavy (non-hydrogen) atoms. The third-order valence-electron chi connectivity index (χ3n) is 3.14. The maximum absolute atomic E-state index is 12.7. The molecule has 0 radical (unpaired) electrons. The van der Waals surface area contributed by atoms with Gasteiger partial charge in [-0.3, -0.25) is 4.79 Å². The van der Waals surface area contributed by atoms with E-state index >= 15 is 0 Å². The summed E-state index contributed by atoms with van der Waals surface area (Å²) < 4.78 is 28.8. The van der Waals surface area contributed by atoms with Gasteiger partial charge in [0.05, 0.1) is 4.90 Å². The Morgan fingerprint density at radius 2 is 1.52 bits per heavy atom. The molecular formula is C15H9Cl2N3O3S2. The number of halogens is 2. The van der Waals surface area contributed by atoms with Crippen LogP contribution in [0.4, 0.5) is 5.69 Å². The van der Waals surface area contributed by atoms with Crippen molar-refractivity contribution in [2.75, 3.05) is 5.32 Å². The standard InChI is InChI=1S/C15H9Cl2N3O3S2/c16-9-1-5-11(6-2-9)18-14(21)13-15(24-20-19-13)25(22,23)12-7-3-10(17)4-8-12/h1-8H,(H,18,21). The Morgan fingerprint density at radius 3 is 2.12 bits per heavy atom. The third-order valence-corrected chi connectivity index (χ3v) is 6.63. The van der Waals surface area contributed by atoms with E-state index in [0.29, 0.717) is 27.3 Å². The van der Waals surface area contributed by atoms with E-state index in [4.69, 9.17) is 23.2 Å². The number of hydrogen-bond donors (Lipinski definition) is 1. The van der Waals surface area contributed by atoms with E-state index in [9.17, 15) is 13.2 Å². The molecule has 10 heteroatoms. The topological polar surface area (TPSA) is 89.0 Å². The molecule has 6 nitrogen and oxygen atoms in total. The first-order valence-electron chi connectivity index (χ1n) is 6.78. The second-order valence-electron chi connectivity index (χ2n) is 4.83. The number of aromatic nitrogens is 2. The number of benzene rings is 2. The fourth-order valence-electron chi connectivity index (χ4n) is 1.94. The summed E-state index contributed by atoms with van der Waals surface area (Å²) in [6, 6.07) is 12.0. The molecule has 3 aromatic rings. The van der Waals surface area contributed by atoms with Gasteiger partial charge in [-0.1, -0.05) is 27.7 Å². The Morgan fingerprint density at radius 1 is 0.960 bits per heavy atom. The second-order valence-corrected chi connectivity index (χ2v) is 8.60. The van der Waals surface area contributed by atoms with Gasteiger partial charge in [0.25, 0.3) is 5.91 Å². The van der Waals surface area contributed by atoms with Gasteiger partial charge in [0.2, 0.25) is 9.84 Å². The molecule has 0 saturated carbocycles. The molecule has 1 amide bonds. The summed E-state index contributed by atoms with van der Waals surface area (Å²) in [4.78, 5) is 12.4. The van der Waals surface area contributed by atoms with Crippen molar-refractivity contribution in [3.05, 3.63) is 64.3 Å². The average Bonchev–Trinajstić information content (AvgIpc) is 3.08. The van der Waals surface area contributed by atoms with Gasteiger partial charge < -0.3 is 5.32 Å². The van der Waals surface area contributed by atoms with Crippen molar-refractivity contribution in [1.82, 2.24) is 9.59 Å². The van der Waals surface area contributed by atoms with Crippen LogP contribution in [0.1, 0.15) is 10.5 Å². The molecule has 0 aliphatic rings. The molecule has 0 aliphatic carbocycles. The summed E-state index contributed by atoms with van der Waals surface area (Å²) in [5.74, 6) is -0.677.